The maximum Gasteiger partial charge on any atom is 0.0594 e. The van der Waals surface area contributed by atoms with Crippen molar-refractivity contribution < 1.29 is 4.74 Å². The van der Waals surface area contributed by atoms with Gasteiger partial charge in [-0.1, -0.05) is 13.8 Å². The molecule has 1 aliphatic carbocycles. The lowest BCUT2D eigenvalue weighted by atomic mass is 9.91. The normalized spacial score (nSPS) is 29.7. The van der Waals surface area contributed by atoms with Gasteiger partial charge in [-0.2, -0.15) is 0 Å². The Bertz CT molecular complexity index is 270. The van der Waals surface area contributed by atoms with Crippen molar-refractivity contribution in [3.8, 4) is 0 Å². The number of hydrogen-bond acceptors (Lipinski definition) is 3. The first kappa shape index (κ1) is 14.3. The number of nitrogens with zero attached hydrogens (tertiary/aromatic N) is 1. The van der Waals surface area contributed by atoms with Crippen molar-refractivity contribution in [3.05, 3.63) is 0 Å². The van der Waals surface area contributed by atoms with E-state index in [0.717, 1.165) is 38.9 Å². The molecule has 0 aromatic carbocycles. The lowest BCUT2D eigenvalue weighted by Crippen LogP contribution is -2.55. The molecule has 1 saturated carbocycles. The van der Waals surface area contributed by atoms with Crippen molar-refractivity contribution in [1.82, 2.24) is 10.2 Å². The quantitative estimate of drug-likeness (QED) is 0.833. The third-order valence-corrected chi connectivity index (χ3v) is 4.66. The lowest BCUT2D eigenvalue weighted by molar-refractivity contribution is -0.0104. The van der Waals surface area contributed by atoms with Gasteiger partial charge in [0.25, 0.3) is 0 Å². The summed E-state index contributed by atoms with van der Waals surface area (Å²) >= 11 is 0. The van der Waals surface area contributed by atoms with Gasteiger partial charge in [0.2, 0.25) is 0 Å². The molecule has 0 amide bonds. The Labute approximate surface area is 112 Å². The summed E-state index contributed by atoms with van der Waals surface area (Å²) in [7, 11) is 0. The zero-order valence-corrected chi connectivity index (χ0v) is 12.6. The summed E-state index contributed by atoms with van der Waals surface area (Å²) in [6.07, 6.45) is 4.03. The molecule has 1 aliphatic heterocycles. The zero-order chi connectivity index (χ0) is 13.2. The van der Waals surface area contributed by atoms with Crippen LogP contribution in [-0.2, 0) is 4.74 Å². The molecule has 2 rings (SSSR count). The molecule has 2 aliphatic rings. The standard InChI is InChI=1S/C15H30N2O/c1-14(2)6-5-13(11-14)16-12-15(3,4)17-7-9-18-10-8-17/h13,16H,5-12H2,1-4H3. The molecule has 3 nitrogen and oxygen atoms in total. The maximum atomic E-state index is 5.44. The Morgan fingerprint density at radius 1 is 1.28 bits per heavy atom. The van der Waals surface area contributed by atoms with Gasteiger partial charge in [-0.25, -0.2) is 0 Å². The van der Waals surface area contributed by atoms with Gasteiger partial charge in [0.05, 0.1) is 13.2 Å². The van der Waals surface area contributed by atoms with Crippen LogP contribution in [0.25, 0.3) is 0 Å². The highest BCUT2D eigenvalue weighted by Crippen LogP contribution is 2.37. The van der Waals surface area contributed by atoms with E-state index in [9.17, 15) is 0 Å². The minimum absolute atomic E-state index is 0.247. The molecule has 1 heterocycles. The summed E-state index contributed by atoms with van der Waals surface area (Å²) in [4.78, 5) is 2.56. The van der Waals surface area contributed by atoms with Crippen molar-refractivity contribution in [1.29, 1.82) is 0 Å². The summed E-state index contributed by atoms with van der Waals surface area (Å²) < 4.78 is 5.44. The molecule has 1 saturated heterocycles. The molecule has 2 fully saturated rings. The van der Waals surface area contributed by atoms with Crippen LogP contribution < -0.4 is 5.32 Å². The van der Waals surface area contributed by atoms with Gasteiger partial charge < -0.3 is 10.1 Å². The molecule has 0 aromatic heterocycles. The molecule has 1 unspecified atom stereocenters. The summed E-state index contributed by atoms with van der Waals surface area (Å²) in [5, 5.41) is 3.79. The minimum atomic E-state index is 0.247. The first-order chi connectivity index (χ1) is 8.39. The Morgan fingerprint density at radius 3 is 2.50 bits per heavy atom. The van der Waals surface area contributed by atoms with Gasteiger partial charge in [0.15, 0.2) is 0 Å². The summed E-state index contributed by atoms with van der Waals surface area (Å²) in [6, 6.07) is 0.723. The molecular weight excluding hydrogens is 224 g/mol. The molecule has 1 atom stereocenters. The Hall–Kier alpha value is -0.120. The molecular formula is C15H30N2O. The maximum absolute atomic E-state index is 5.44. The fourth-order valence-electron chi connectivity index (χ4n) is 3.28. The predicted molar refractivity (Wildman–Crippen MR) is 75.9 cm³/mol. The number of hydrogen-bond donors (Lipinski definition) is 1. The van der Waals surface area contributed by atoms with Gasteiger partial charge in [0, 0.05) is 31.2 Å². The number of ether oxygens (including phenoxy) is 1. The van der Waals surface area contributed by atoms with E-state index in [-0.39, 0.29) is 5.54 Å². The van der Waals surface area contributed by atoms with E-state index >= 15 is 0 Å². The Morgan fingerprint density at radius 2 is 1.94 bits per heavy atom. The van der Waals surface area contributed by atoms with Crippen molar-refractivity contribution >= 4 is 0 Å². The average molecular weight is 254 g/mol. The molecule has 0 spiro atoms. The largest absolute Gasteiger partial charge is 0.379 e. The van der Waals surface area contributed by atoms with Crippen LogP contribution in [-0.4, -0.2) is 49.3 Å². The second kappa shape index (κ2) is 5.48. The van der Waals surface area contributed by atoms with Crippen LogP contribution >= 0.6 is 0 Å². The SMILES string of the molecule is CC1(C)CCC(NCC(C)(C)N2CCOCC2)C1. The first-order valence-corrected chi connectivity index (χ1v) is 7.45. The van der Waals surface area contributed by atoms with E-state index in [1.807, 2.05) is 0 Å². The number of morpholine rings is 1. The highest BCUT2D eigenvalue weighted by Gasteiger charge is 2.33. The van der Waals surface area contributed by atoms with Crippen molar-refractivity contribution in [2.75, 3.05) is 32.8 Å². The van der Waals surface area contributed by atoms with E-state index in [0.29, 0.717) is 5.41 Å². The highest BCUT2D eigenvalue weighted by atomic mass is 16.5. The second-order valence-electron chi connectivity index (χ2n) is 7.40. The molecule has 0 radical (unpaired) electrons. The smallest absolute Gasteiger partial charge is 0.0594 e. The van der Waals surface area contributed by atoms with Gasteiger partial charge in [-0.15, -0.1) is 0 Å². The van der Waals surface area contributed by atoms with E-state index in [1.165, 1.54) is 19.3 Å². The number of nitrogens with one attached hydrogen (secondary N) is 1. The van der Waals surface area contributed by atoms with Gasteiger partial charge in [-0.05, 0) is 38.5 Å². The van der Waals surface area contributed by atoms with Crippen molar-refractivity contribution in [2.24, 2.45) is 5.41 Å². The van der Waals surface area contributed by atoms with Gasteiger partial charge >= 0.3 is 0 Å². The average Bonchev–Trinajstić information content (AvgIpc) is 2.68. The van der Waals surface area contributed by atoms with Crippen LogP contribution in [0.4, 0.5) is 0 Å². The Balaban J connectivity index is 1.78. The zero-order valence-electron chi connectivity index (χ0n) is 12.6. The predicted octanol–water partition coefficient (Wildman–Crippen LogP) is 2.27. The molecule has 1 N–H and O–H groups in total. The summed E-state index contributed by atoms with van der Waals surface area (Å²) in [5.41, 5.74) is 0.789. The lowest BCUT2D eigenvalue weighted by Gasteiger charge is -2.41. The first-order valence-electron chi connectivity index (χ1n) is 7.45. The van der Waals surface area contributed by atoms with E-state index < -0.39 is 0 Å². The molecule has 18 heavy (non-hydrogen) atoms. The van der Waals surface area contributed by atoms with Crippen molar-refractivity contribution in [2.45, 2.75) is 58.5 Å². The van der Waals surface area contributed by atoms with Crippen LogP contribution in [0.15, 0.2) is 0 Å². The van der Waals surface area contributed by atoms with E-state index in [4.69, 9.17) is 4.74 Å². The van der Waals surface area contributed by atoms with Crippen LogP contribution in [0.5, 0.6) is 0 Å². The molecule has 106 valence electrons. The third kappa shape index (κ3) is 3.69. The number of rotatable bonds is 4. The second-order valence-corrected chi connectivity index (χ2v) is 7.40. The summed E-state index contributed by atoms with van der Waals surface area (Å²) in [6.45, 7) is 14.5. The van der Waals surface area contributed by atoms with Crippen LogP contribution in [0.3, 0.4) is 0 Å². The topological polar surface area (TPSA) is 24.5 Å². The van der Waals surface area contributed by atoms with Crippen LogP contribution in [0.2, 0.25) is 0 Å². The fourth-order valence-corrected chi connectivity index (χ4v) is 3.28. The van der Waals surface area contributed by atoms with Crippen LogP contribution in [0, 0.1) is 5.41 Å². The van der Waals surface area contributed by atoms with Gasteiger partial charge in [0.1, 0.15) is 0 Å². The fraction of sp³-hybridized carbons (Fsp3) is 1.00. The molecule has 0 aromatic rings. The minimum Gasteiger partial charge on any atom is -0.379 e. The van der Waals surface area contributed by atoms with Crippen LogP contribution in [0.1, 0.15) is 47.0 Å². The molecule has 3 heteroatoms. The van der Waals surface area contributed by atoms with E-state index in [1.54, 1.807) is 0 Å². The highest BCUT2D eigenvalue weighted by molar-refractivity contribution is 4.91. The monoisotopic (exact) mass is 254 g/mol. The third-order valence-electron chi connectivity index (χ3n) is 4.66. The van der Waals surface area contributed by atoms with Gasteiger partial charge in [-0.3, -0.25) is 4.90 Å². The molecule has 0 bridgehead atoms. The van der Waals surface area contributed by atoms with E-state index in [2.05, 4.69) is 37.9 Å². The Kier molecular flexibility index (Phi) is 4.35. The summed E-state index contributed by atoms with van der Waals surface area (Å²) in [5.74, 6) is 0. The van der Waals surface area contributed by atoms with Crippen molar-refractivity contribution in [3.63, 3.8) is 0 Å².